The number of rotatable bonds is 4. The highest BCUT2D eigenvalue weighted by Gasteiger charge is 2.26. The Morgan fingerprint density at radius 1 is 1.25 bits per heavy atom. The molecule has 0 aliphatic carbocycles. The topological polar surface area (TPSA) is 92.0 Å². The van der Waals surface area contributed by atoms with Gasteiger partial charge < -0.3 is 9.64 Å². The van der Waals surface area contributed by atoms with E-state index in [2.05, 4.69) is 21.0 Å². The van der Waals surface area contributed by atoms with Crippen LogP contribution in [0.3, 0.4) is 0 Å². The summed E-state index contributed by atoms with van der Waals surface area (Å²) >= 11 is 0. The molecule has 1 saturated heterocycles. The monoisotopic (exact) mass is 373 g/mol. The highest BCUT2D eigenvalue weighted by atomic mass is 16.5. The maximum absolute atomic E-state index is 12.9. The van der Waals surface area contributed by atoms with Gasteiger partial charge in [0.15, 0.2) is 0 Å². The molecule has 7 nitrogen and oxygen atoms in total. The first-order valence-electron chi connectivity index (χ1n) is 9.23. The largest absolute Gasteiger partial charge is 0.477 e. The molecule has 1 fully saturated rings. The van der Waals surface area contributed by atoms with Gasteiger partial charge in [0.25, 0.3) is 5.91 Å². The molecule has 7 heteroatoms. The van der Waals surface area contributed by atoms with Gasteiger partial charge in [0.1, 0.15) is 5.69 Å². The number of carbonyl (C=O) groups is 1. The third-order valence-electron chi connectivity index (χ3n) is 4.80. The Hall–Kier alpha value is -3.53. The zero-order chi connectivity index (χ0) is 19.3. The molecule has 1 aromatic carbocycles. The first-order valence-corrected chi connectivity index (χ1v) is 9.23. The fourth-order valence-corrected chi connectivity index (χ4v) is 3.37. The summed E-state index contributed by atoms with van der Waals surface area (Å²) in [5.41, 5.74) is 2.37. The number of pyridine rings is 1. The first-order chi connectivity index (χ1) is 13.7. The van der Waals surface area contributed by atoms with E-state index in [1.165, 1.54) is 0 Å². The Labute approximate surface area is 162 Å². The van der Waals surface area contributed by atoms with Crippen LogP contribution in [0.25, 0.3) is 11.0 Å². The lowest BCUT2D eigenvalue weighted by Crippen LogP contribution is -2.42. The summed E-state index contributed by atoms with van der Waals surface area (Å²) in [7, 11) is 0. The number of ether oxygens (including phenoxy) is 1. The number of amides is 1. The molecule has 28 heavy (non-hydrogen) atoms. The molecule has 0 radical (unpaired) electrons. The minimum Gasteiger partial charge on any atom is -0.477 e. The summed E-state index contributed by atoms with van der Waals surface area (Å²) in [5.74, 6) is 0.536. The molecule has 2 aromatic heterocycles. The Morgan fingerprint density at radius 2 is 2.11 bits per heavy atom. The van der Waals surface area contributed by atoms with Gasteiger partial charge in [-0.05, 0) is 31.0 Å². The number of fused-ring (bicyclic) bond motifs is 1. The summed E-state index contributed by atoms with van der Waals surface area (Å²) in [6.45, 7) is 1.76. The van der Waals surface area contributed by atoms with Crippen LogP contribution in [0.15, 0.2) is 48.8 Å². The molecular formula is C21H19N5O2. The van der Waals surface area contributed by atoms with Gasteiger partial charge in [0.05, 0.1) is 35.5 Å². The zero-order valence-electron chi connectivity index (χ0n) is 15.3. The third kappa shape index (κ3) is 3.91. The summed E-state index contributed by atoms with van der Waals surface area (Å²) in [4.78, 5) is 27.6. The van der Waals surface area contributed by atoms with Crippen molar-refractivity contribution in [1.82, 2.24) is 19.9 Å². The zero-order valence-corrected chi connectivity index (χ0v) is 15.3. The molecule has 3 heterocycles. The van der Waals surface area contributed by atoms with Gasteiger partial charge in [-0.2, -0.15) is 5.26 Å². The first kappa shape index (κ1) is 17.9. The van der Waals surface area contributed by atoms with E-state index in [-0.39, 0.29) is 11.8 Å². The van der Waals surface area contributed by atoms with Gasteiger partial charge in [0.2, 0.25) is 5.88 Å². The molecule has 0 bridgehead atoms. The lowest BCUT2D eigenvalue weighted by Gasteiger charge is -2.32. The number of nitriles is 1. The summed E-state index contributed by atoms with van der Waals surface area (Å²) < 4.78 is 5.75. The van der Waals surface area contributed by atoms with Crippen LogP contribution in [-0.4, -0.2) is 45.5 Å². The normalized spacial score (nSPS) is 16.5. The molecule has 1 aliphatic heterocycles. The molecular weight excluding hydrogens is 354 g/mol. The number of aromatic nitrogens is 3. The van der Waals surface area contributed by atoms with Crippen LogP contribution >= 0.6 is 0 Å². The van der Waals surface area contributed by atoms with Gasteiger partial charge in [0, 0.05) is 31.3 Å². The second-order valence-electron chi connectivity index (χ2n) is 6.81. The number of para-hydroxylation sites is 2. The fraction of sp³-hybridized carbons (Fsp3) is 0.286. The molecule has 4 rings (SSSR count). The quantitative estimate of drug-likeness (QED) is 0.698. The van der Waals surface area contributed by atoms with Crippen molar-refractivity contribution in [1.29, 1.82) is 5.26 Å². The number of nitrogens with zero attached hydrogens (tertiary/aromatic N) is 5. The Morgan fingerprint density at radius 3 is 2.96 bits per heavy atom. The number of piperidine rings is 1. The second kappa shape index (κ2) is 8.01. The number of carbonyl (C=O) groups excluding carboxylic acids is 1. The van der Waals surface area contributed by atoms with Gasteiger partial charge >= 0.3 is 0 Å². The van der Waals surface area contributed by atoms with E-state index >= 15 is 0 Å². The van der Waals surface area contributed by atoms with Crippen molar-refractivity contribution in [3.63, 3.8) is 0 Å². The molecule has 3 aromatic rings. The van der Waals surface area contributed by atoms with Crippen LogP contribution in [-0.2, 0) is 0 Å². The van der Waals surface area contributed by atoms with E-state index in [0.29, 0.717) is 42.4 Å². The summed E-state index contributed by atoms with van der Waals surface area (Å²) in [5, 5.41) is 8.96. The Bertz CT molecular complexity index is 1050. The lowest BCUT2D eigenvalue weighted by atomic mass is 9.98. The van der Waals surface area contributed by atoms with Gasteiger partial charge in [-0.15, -0.1) is 0 Å². The van der Waals surface area contributed by atoms with Gasteiger partial charge in [-0.25, -0.2) is 9.97 Å². The average molecular weight is 373 g/mol. The van der Waals surface area contributed by atoms with Crippen LogP contribution < -0.4 is 4.74 Å². The SMILES string of the molecule is N#Cc1ccnc(OCC2CCCN(C(=O)c3cnc4ccccc4n3)C2)c1. The van der Waals surface area contributed by atoms with Crippen molar-refractivity contribution in [2.24, 2.45) is 5.92 Å². The summed E-state index contributed by atoms with van der Waals surface area (Å²) in [6.07, 6.45) is 4.99. The minimum absolute atomic E-state index is 0.104. The van der Waals surface area contributed by atoms with Crippen molar-refractivity contribution < 1.29 is 9.53 Å². The smallest absolute Gasteiger partial charge is 0.274 e. The van der Waals surface area contributed by atoms with E-state index in [1.54, 1.807) is 24.5 Å². The molecule has 0 spiro atoms. The molecule has 140 valence electrons. The Kier molecular flexibility index (Phi) is 5.11. The molecule has 1 atom stereocenters. The van der Waals surface area contributed by atoms with Gasteiger partial charge in [-0.3, -0.25) is 9.78 Å². The Balaban J connectivity index is 1.41. The standard InChI is InChI=1S/C21H19N5O2/c22-11-15-7-8-23-20(10-15)28-14-16-4-3-9-26(13-16)21(27)19-12-24-17-5-1-2-6-18(17)25-19/h1-2,5-8,10,12,16H,3-4,9,13-14H2. The van der Waals surface area contributed by atoms with Crippen LogP contribution in [0.5, 0.6) is 5.88 Å². The van der Waals surface area contributed by atoms with Crippen LogP contribution in [0.1, 0.15) is 28.9 Å². The van der Waals surface area contributed by atoms with Crippen molar-refractivity contribution >= 4 is 16.9 Å². The molecule has 0 saturated carbocycles. The number of likely N-dealkylation sites (tertiary alicyclic amines) is 1. The highest BCUT2D eigenvalue weighted by molar-refractivity contribution is 5.93. The van der Waals surface area contributed by atoms with E-state index in [0.717, 1.165) is 18.4 Å². The fourth-order valence-electron chi connectivity index (χ4n) is 3.37. The van der Waals surface area contributed by atoms with E-state index in [1.807, 2.05) is 29.2 Å². The maximum Gasteiger partial charge on any atom is 0.274 e. The van der Waals surface area contributed by atoms with Gasteiger partial charge in [-0.1, -0.05) is 12.1 Å². The molecule has 1 aliphatic rings. The van der Waals surface area contributed by atoms with Crippen molar-refractivity contribution in [2.75, 3.05) is 19.7 Å². The third-order valence-corrected chi connectivity index (χ3v) is 4.80. The predicted molar refractivity (Wildman–Crippen MR) is 103 cm³/mol. The van der Waals surface area contributed by atoms with Crippen molar-refractivity contribution in [2.45, 2.75) is 12.8 Å². The highest BCUT2D eigenvalue weighted by Crippen LogP contribution is 2.20. The van der Waals surface area contributed by atoms with Crippen LogP contribution in [0, 0.1) is 17.2 Å². The van der Waals surface area contributed by atoms with Crippen LogP contribution in [0.2, 0.25) is 0 Å². The molecule has 1 unspecified atom stereocenters. The number of hydrogen-bond acceptors (Lipinski definition) is 6. The van der Waals surface area contributed by atoms with E-state index < -0.39 is 0 Å². The maximum atomic E-state index is 12.9. The van der Waals surface area contributed by atoms with E-state index in [4.69, 9.17) is 10.00 Å². The summed E-state index contributed by atoms with van der Waals surface area (Å²) in [6, 6.07) is 12.8. The second-order valence-corrected chi connectivity index (χ2v) is 6.81. The predicted octanol–water partition coefficient (Wildman–Crippen LogP) is 2.83. The van der Waals surface area contributed by atoms with Crippen molar-refractivity contribution in [3.8, 4) is 11.9 Å². The van der Waals surface area contributed by atoms with Crippen LogP contribution in [0.4, 0.5) is 0 Å². The molecule has 0 N–H and O–H groups in total. The minimum atomic E-state index is -0.104. The average Bonchev–Trinajstić information content (AvgIpc) is 2.77. The lowest BCUT2D eigenvalue weighted by molar-refractivity contribution is 0.0625. The van der Waals surface area contributed by atoms with E-state index in [9.17, 15) is 4.79 Å². The number of benzene rings is 1. The number of hydrogen-bond donors (Lipinski definition) is 0. The van der Waals surface area contributed by atoms with Crippen molar-refractivity contribution in [3.05, 3.63) is 60.0 Å². The molecule has 1 amide bonds.